The van der Waals surface area contributed by atoms with Gasteiger partial charge in [-0.05, 0) is 36.5 Å². The van der Waals surface area contributed by atoms with Crippen molar-refractivity contribution >= 4 is 5.91 Å². The zero-order valence-electron chi connectivity index (χ0n) is 15.3. The summed E-state index contributed by atoms with van der Waals surface area (Å²) in [6.45, 7) is 2.68. The molecule has 3 aromatic rings. The molecular formula is C22H21N3O2. The van der Waals surface area contributed by atoms with Gasteiger partial charge in [0.25, 0.3) is 0 Å². The molecule has 2 unspecified atom stereocenters. The average molecular weight is 359 g/mol. The summed E-state index contributed by atoms with van der Waals surface area (Å²) < 4.78 is 5.55. The quantitative estimate of drug-likeness (QED) is 0.708. The van der Waals surface area contributed by atoms with Crippen LogP contribution in [0.3, 0.4) is 0 Å². The molecule has 2 atom stereocenters. The van der Waals surface area contributed by atoms with Crippen molar-refractivity contribution in [2.24, 2.45) is 0 Å². The van der Waals surface area contributed by atoms with E-state index in [4.69, 9.17) is 4.52 Å². The third kappa shape index (κ3) is 2.74. The van der Waals surface area contributed by atoms with Gasteiger partial charge in [0.15, 0.2) is 0 Å². The van der Waals surface area contributed by atoms with E-state index < -0.39 is 0 Å². The standard InChI is InChI=1S/C22H21N3O2/c1-14-6-2-4-8-17(14)21-23-22(27-24-21)16-12-20(26)25(13-16)19-11-10-15-7-3-5-9-18(15)19/h2-9,16,19H,10-13H2,1H3. The molecule has 2 aromatic carbocycles. The van der Waals surface area contributed by atoms with Crippen molar-refractivity contribution in [3.8, 4) is 11.4 Å². The van der Waals surface area contributed by atoms with Crippen LogP contribution >= 0.6 is 0 Å². The molecule has 136 valence electrons. The molecule has 5 rings (SSSR count). The summed E-state index contributed by atoms with van der Waals surface area (Å²) in [4.78, 5) is 19.3. The van der Waals surface area contributed by atoms with Gasteiger partial charge in [-0.15, -0.1) is 0 Å². The van der Waals surface area contributed by atoms with Gasteiger partial charge in [0.05, 0.1) is 12.0 Å². The average Bonchev–Trinajstić information content (AvgIpc) is 3.40. The Bertz CT molecular complexity index is 1010. The molecule has 1 amide bonds. The predicted molar refractivity (Wildman–Crippen MR) is 101 cm³/mol. The maximum absolute atomic E-state index is 12.7. The van der Waals surface area contributed by atoms with Gasteiger partial charge >= 0.3 is 0 Å². The molecule has 0 saturated carbocycles. The van der Waals surface area contributed by atoms with Crippen molar-refractivity contribution in [2.45, 2.75) is 38.1 Å². The molecule has 0 bridgehead atoms. The zero-order valence-corrected chi connectivity index (χ0v) is 15.3. The highest BCUT2D eigenvalue weighted by atomic mass is 16.5. The number of aromatic nitrogens is 2. The minimum absolute atomic E-state index is 0.0319. The van der Waals surface area contributed by atoms with Gasteiger partial charge in [-0.1, -0.05) is 53.7 Å². The molecule has 27 heavy (non-hydrogen) atoms. The second kappa shape index (κ2) is 6.34. The predicted octanol–water partition coefficient (Wildman–Crippen LogP) is 4.05. The first-order valence-corrected chi connectivity index (χ1v) is 9.47. The molecule has 0 radical (unpaired) electrons. The van der Waals surface area contributed by atoms with E-state index in [1.54, 1.807) is 0 Å². The van der Waals surface area contributed by atoms with Crippen molar-refractivity contribution in [1.82, 2.24) is 15.0 Å². The summed E-state index contributed by atoms with van der Waals surface area (Å²) in [6, 6.07) is 16.6. The number of carbonyl (C=O) groups excluding carboxylic acids is 1. The van der Waals surface area contributed by atoms with Crippen LogP contribution < -0.4 is 0 Å². The van der Waals surface area contributed by atoms with E-state index in [0.717, 1.165) is 24.0 Å². The number of likely N-dealkylation sites (tertiary alicyclic amines) is 1. The van der Waals surface area contributed by atoms with Crippen molar-refractivity contribution in [3.63, 3.8) is 0 Å². The van der Waals surface area contributed by atoms with Gasteiger partial charge < -0.3 is 9.42 Å². The lowest BCUT2D eigenvalue weighted by atomic mass is 10.1. The summed E-state index contributed by atoms with van der Waals surface area (Å²) in [6.07, 6.45) is 2.47. The number of hydrogen-bond acceptors (Lipinski definition) is 4. The number of carbonyl (C=O) groups is 1. The highest BCUT2D eigenvalue weighted by molar-refractivity contribution is 5.80. The third-order valence-corrected chi connectivity index (χ3v) is 5.81. The van der Waals surface area contributed by atoms with Gasteiger partial charge in [0.1, 0.15) is 0 Å². The maximum Gasteiger partial charge on any atom is 0.232 e. The van der Waals surface area contributed by atoms with Crippen molar-refractivity contribution in [2.75, 3.05) is 6.54 Å². The molecule has 0 spiro atoms. The summed E-state index contributed by atoms with van der Waals surface area (Å²) in [5, 5.41) is 4.16. The Morgan fingerprint density at radius 1 is 1.11 bits per heavy atom. The van der Waals surface area contributed by atoms with Gasteiger partial charge in [0, 0.05) is 18.5 Å². The minimum atomic E-state index is -0.0319. The number of fused-ring (bicyclic) bond motifs is 1. The van der Waals surface area contributed by atoms with E-state index in [1.165, 1.54) is 11.1 Å². The van der Waals surface area contributed by atoms with Crippen LogP contribution in [0.2, 0.25) is 0 Å². The second-order valence-corrected chi connectivity index (χ2v) is 7.47. The molecule has 5 heteroatoms. The maximum atomic E-state index is 12.7. The molecule has 1 aliphatic carbocycles. The van der Waals surface area contributed by atoms with Crippen LogP contribution in [0.15, 0.2) is 53.1 Å². The summed E-state index contributed by atoms with van der Waals surface area (Å²) in [7, 11) is 0. The largest absolute Gasteiger partial charge is 0.339 e. The van der Waals surface area contributed by atoms with E-state index >= 15 is 0 Å². The van der Waals surface area contributed by atoms with E-state index in [9.17, 15) is 4.79 Å². The normalized spacial score (nSPS) is 21.7. The SMILES string of the molecule is Cc1ccccc1-c1noc(C2CC(=O)N(C3CCc4ccccc43)C2)n1. The number of benzene rings is 2. The van der Waals surface area contributed by atoms with Crippen LogP contribution in [0.1, 0.15) is 47.4 Å². The van der Waals surface area contributed by atoms with E-state index in [1.807, 2.05) is 36.1 Å². The van der Waals surface area contributed by atoms with Crippen molar-refractivity contribution in [1.29, 1.82) is 0 Å². The first-order chi connectivity index (χ1) is 13.2. The van der Waals surface area contributed by atoms with Crippen LogP contribution in [0.4, 0.5) is 0 Å². The molecule has 1 aromatic heterocycles. The molecule has 2 heterocycles. The molecule has 5 nitrogen and oxygen atoms in total. The first-order valence-electron chi connectivity index (χ1n) is 9.47. The Hall–Kier alpha value is -2.95. The molecular weight excluding hydrogens is 338 g/mol. The summed E-state index contributed by atoms with van der Waals surface area (Å²) >= 11 is 0. The van der Waals surface area contributed by atoms with Crippen LogP contribution in [0.5, 0.6) is 0 Å². The zero-order chi connectivity index (χ0) is 18.4. The first kappa shape index (κ1) is 16.2. The number of rotatable bonds is 3. The smallest absolute Gasteiger partial charge is 0.232 e. The molecule has 0 N–H and O–H groups in total. The Morgan fingerprint density at radius 2 is 1.93 bits per heavy atom. The number of nitrogens with zero attached hydrogens (tertiary/aromatic N) is 3. The van der Waals surface area contributed by atoms with Crippen molar-refractivity contribution in [3.05, 3.63) is 71.1 Å². The van der Waals surface area contributed by atoms with Gasteiger partial charge in [-0.25, -0.2) is 0 Å². The van der Waals surface area contributed by atoms with Crippen LogP contribution in [0.25, 0.3) is 11.4 Å². The Labute approximate surface area is 158 Å². The number of aryl methyl sites for hydroxylation is 2. The molecule has 1 fully saturated rings. The summed E-state index contributed by atoms with van der Waals surface area (Å²) in [5.41, 5.74) is 4.73. The second-order valence-electron chi connectivity index (χ2n) is 7.47. The molecule has 1 aliphatic heterocycles. The lowest BCUT2D eigenvalue weighted by Crippen LogP contribution is -2.28. The highest BCUT2D eigenvalue weighted by Crippen LogP contribution is 2.40. The molecule has 2 aliphatic rings. The van der Waals surface area contributed by atoms with Gasteiger partial charge in [0.2, 0.25) is 17.6 Å². The minimum Gasteiger partial charge on any atom is -0.339 e. The lowest BCUT2D eigenvalue weighted by Gasteiger charge is -2.25. The Kier molecular flexibility index (Phi) is 3.81. The fourth-order valence-electron chi connectivity index (χ4n) is 4.39. The van der Waals surface area contributed by atoms with Gasteiger partial charge in [-0.2, -0.15) is 4.98 Å². The third-order valence-electron chi connectivity index (χ3n) is 5.81. The lowest BCUT2D eigenvalue weighted by molar-refractivity contribution is -0.129. The van der Waals surface area contributed by atoms with Crippen molar-refractivity contribution < 1.29 is 9.32 Å². The van der Waals surface area contributed by atoms with E-state index in [2.05, 4.69) is 34.4 Å². The summed E-state index contributed by atoms with van der Waals surface area (Å²) in [5.74, 6) is 1.31. The van der Waals surface area contributed by atoms with Crippen LogP contribution in [-0.2, 0) is 11.2 Å². The van der Waals surface area contributed by atoms with E-state index in [-0.39, 0.29) is 17.9 Å². The highest BCUT2D eigenvalue weighted by Gasteiger charge is 2.40. The van der Waals surface area contributed by atoms with Crippen LogP contribution in [-0.4, -0.2) is 27.5 Å². The topological polar surface area (TPSA) is 59.2 Å². The fourth-order valence-corrected chi connectivity index (χ4v) is 4.39. The molecule has 1 saturated heterocycles. The number of amides is 1. The number of hydrogen-bond donors (Lipinski definition) is 0. The fraction of sp³-hybridized carbons (Fsp3) is 0.318. The Morgan fingerprint density at radius 3 is 2.81 bits per heavy atom. The van der Waals surface area contributed by atoms with Crippen LogP contribution in [0, 0.1) is 6.92 Å². The Balaban J connectivity index is 1.38. The van der Waals surface area contributed by atoms with Gasteiger partial charge in [-0.3, -0.25) is 4.79 Å². The monoisotopic (exact) mass is 359 g/mol. The van der Waals surface area contributed by atoms with E-state index in [0.29, 0.717) is 24.7 Å².